The maximum absolute atomic E-state index is 12.9. The van der Waals surface area contributed by atoms with Crippen molar-refractivity contribution in [3.63, 3.8) is 0 Å². The zero-order valence-electron chi connectivity index (χ0n) is 8.71. The van der Waals surface area contributed by atoms with E-state index in [9.17, 15) is 9.18 Å². The lowest BCUT2D eigenvalue weighted by molar-refractivity contribution is -0.127. The van der Waals surface area contributed by atoms with Crippen molar-refractivity contribution in [2.75, 3.05) is 6.61 Å². The molecular formula is C12H12ClFO2. The minimum absolute atomic E-state index is 0.0418. The molecule has 86 valence electrons. The molecule has 1 aliphatic rings. The summed E-state index contributed by atoms with van der Waals surface area (Å²) in [4.78, 5) is 11.7. The van der Waals surface area contributed by atoms with Gasteiger partial charge in [-0.25, -0.2) is 4.39 Å². The summed E-state index contributed by atoms with van der Waals surface area (Å²) in [6.07, 6.45) is 1.68. The van der Waals surface area contributed by atoms with Gasteiger partial charge in [0.1, 0.15) is 11.9 Å². The molecule has 1 aliphatic heterocycles. The SMILES string of the molecule is O=C(Cc1ccc(F)c(Cl)c1)C1CCCO1. The Balaban J connectivity index is 2.02. The van der Waals surface area contributed by atoms with Gasteiger partial charge in [0.15, 0.2) is 5.78 Å². The Hall–Kier alpha value is -0.930. The first kappa shape index (κ1) is 11.6. The van der Waals surface area contributed by atoms with Gasteiger partial charge in [-0.3, -0.25) is 4.79 Å². The van der Waals surface area contributed by atoms with E-state index in [2.05, 4.69) is 0 Å². The maximum atomic E-state index is 12.9. The summed E-state index contributed by atoms with van der Waals surface area (Å²) in [7, 11) is 0. The Kier molecular flexibility index (Phi) is 3.56. The summed E-state index contributed by atoms with van der Waals surface area (Å²) in [5.41, 5.74) is 0.729. The minimum Gasteiger partial charge on any atom is -0.370 e. The molecular weight excluding hydrogens is 231 g/mol. The predicted molar refractivity (Wildman–Crippen MR) is 59.1 cm³/mol. The van der Waals surface area contributed by atoms with Crippen molar-refractivity contribution < 1.29 is 13.9 Å². The van der Waals surface area contributed by atoms with Crippen molar-refractivity contribution in [2.24, 2.45) is 0 Å². The molecule has 0 spiro atoms. The number of benzene rings is 1. The largest absolute Gasteiger partial charge is 0.370 e. The number of rotatable bonds is 3. The minimum atomic E-state index is -0.463. The number of carbonyl (C=O) groups excluding carboxylic acids is 1. The van der Waals surface area contributed by atoms with Crippen LogP contribution in [-0.4, -0.2) is 18.5 Å². The van der Waals surface area contributed by atoms with E-state index >= 15 is 0 Å². The lowest BCUT2D eigenvalue weighted by atomic mass is 10.0. The van der Waals surface area contributed by atoms with Crippen LogP contribution in [0.3, 0.4) is 0 Å². The van der Waals surface area contributed by atoms with Gasteiger partial charge in [-0.05, 0) is 30.5 Å². The van der Waals surface area contributed by atoms with Crippen molar-refractivity contribution in [3.05, 3.63) is 34.6 Å². The van der Waals surface area contributed by atoms with E-state index in [1.165, 1.54) is 12.1 Å². The topological polar surface area (TPSA) is 26.3 Å². The quantitative estimate of drug-likeness (QED) is 0.815. The molecule has 2 rings (SSSR count). The molecule has 0 aliphatic carbocycles. The summed E-state index contributed by atoms with van der Waals surface area (Å²) in [6.45, 7) is 0.653. The number of Topliss-reactive ketones (excluding diaryl/α,β-unsaturated/α-hetero) is 1. The van der Waals surface area contributed by atoms with E-state index < -0.39 is 5.82 Å². The van der Waals surface area contributed by atoms with Crippen LogP contribution in [0.5, 0.6) is 0 Å². The Bertz CT molecular complexity index is 400. The first-order valence-corrected chi connectivity index (χ1v) is 5.63. The van der Waals surface area contributed by atoms with E-state index in [1.807, 2.05) is 0 Å². The molecule has 0 aromatic heterocycles. The Morgan fingerprint density at radius 1 is 1.56 bits per heavy atom. The number of hydrogen-bond donors (Lipinski definition) is 0. The van der Waals surface area contributed by atoms with Crippen molar-refractivity contribution >= 4 is 17.4 Å². The molecule has 4 heteroatoms. The van der Waals surface area contributed by atoms with Gasteiger partial charge in [-0.2, -0.15) is 0 Å². The summed E-state index contributed by atoms with van der Waals surface area (Å²) in [5.74, 6) is -0.421. The summed E-state index contributed by atoms with van der Waals surface area (Å²) < 4.78 is 18.2. The van der Waals surface area contributed by atoms with Crippen LogP contribution in [0.15, 0.2) is 18.2 Å². The molecule has 1 aromatic carbocycles. The first-order chi connectivity index (χ1) is 7.66. The normalized spacial score (nSPS) is 20.0. The van der Waals surface area contributed by atoms with Crippen molar-refractivity contribution in [2.45, 2.75) is 25.4 Å². The molecule has 2 nitrogen and oxygen atoms in total. The molecule has 1 fully saturated rings. The van der Waals surface area contributed by atoms with Gasteiger partial charge in [0.2, 0.25) is 0 Å². The predicted octanol–water partition coefficient (Wildman–Crippen LogP) is 2.77. The van der Waals surface area contributed by atoms with Gasteiger partial charge in [-0.1, -0.05) is 17.7 Å². The Morgan fingerprint density at radius 3 is 3.00 bits per heavy atom. The third-order valence-corrected chi connectivity index (χ3v) is 2.94. The smallest absolute Gasteiger partial charge is 0.165 e. The molecule has 1 atom stereocenters. The van der Waals surface area contributed by atoms with Crippen molar-refractivity contribution in [3.8, 4) is 0 Å². The van der Waals surface area contributed by atoms with E-state index in [4.69, 9.17) is 16.3 Å². The van der Waals surface area contributed by atoms with Crippen LogP contribution in [0.25, 0.3) is 0 Å². The maximum Gasteiger partial charge on any atom is 0.165 e. The lowest BCUT2D eigenvalue weighted by Gasteiger charge is -2.08. The van der Waals surface area contributed by atoms with E-state index in [0.29, 0.717) is 6.61 Å². The van der Waals surface area contributed by atoms with Gasteiger partial charge in [-0.15, -0.1) is 0 Å². The molecule has 0 bridgehead atoms. The second kappa shape index (κ2) is 4.93. The zero-order chi connectivity index (χ0) is 11.5. The lowest BCUT2D eigenvalue weighted by Crippen LogP contribution is -2.21. The average molecular weight is 243 g/mol. The second-order valence-electron chi connectivity index (χ2n) is 3.89. The molecule has 1 aromatic rings. The van der Waals surface area contributed by atoms with Gasteiger partial charge in [0, 0.05) is 13.0 Å². The number of carbonyl (C=O) groups is 1. The summed E-state index contributed by atoms with van der Waals surface area (Å²) >= 11 is 5.64. The van der Waals surface area contributed by atoms with Gasteiger partial charge >= 0.3 is 0 Å². The van der Waals surface area contributed by atoms with Crippen LogP contribution < -0.4 is 0 Å². The summed E-state index contributed by atoms with van der Waals surface area (Å²) in [5, 5.41) is 0.0534. The summed E-state index contributed by atoms with van der Waals surface area (Å²) in [6, 6.07) is 4.35. The molecule has 1 heterocycles. The molecule has 0 amide bonds. The number of ketones is 1. The highest BCUT2D eigenvalue weighted by Crippen LogP contribution is 2.19. The van der Waals surface area contributed by atoms with Crippen LogP contribution in [0.1, 0.15) is 18.4 Å². The first-order valence-electron chi connectivity index (χ1n) is 5.25. The van der Waals surface area contributed by atoms with Crippen LogP contribution in [0.2, 0.25) is 5.02 Å². The second-order valence-corrected chi connectivity index (χ2v) is 4.30. The monoisotopic (exact) mass is 242 g/mol. The standard InChI is InChI=1S/C12H12ClFO2/c13-9-6-8(3-4-10(9)14)7-11(15)12-2-1-5-16-12/h3-4,6,12H,1-2,5,7H2. The fraction of sp³-hybridized carbons (Fsp3) is 0.417. The highest BCUT2D eigenvalue weighted by molar-refractivity contribution is 6.30. The molecule has 1 unspecified atom stereocenters. The molecule has 0 N–H and O–H groups in total. The molecule has 0 saturated carbocycles. The van der Waals surface area contributed by atoms with Crippen LogP contribution in [-0.2, 0) is 16.0 Å². The molecule has 1 saturated heterocycles. The molecule has 16 heavy (non-hydrogen) atoms. The number of ether oxygens (including phenoxy) is 1. The highest BCUT2D eigenvalue weighted by Gasteiger charge is 2.23. The fourth-order valence-corrected chi connectivity index (χ4v) is 2.00. The van der Waals surface area contributed by atoms with Crippen molar-refractivity contribution in [1.82, 2.24) is 0 Å². The third kappa shape index (κ3) is 2.60. The van der Waals surface area contributed by atoms with Gasteiger partial charge in [0.05, 0.1) is 5.02 Å². The molecule has 0 radical (unpaired) electrons. The van der Waals surface area contributed by atoms with E-state index in [0.717, 1.165) is 18.4 Å². The average Bonchev–Trinajstić information content (AvgIpc) is 2.77. The van der Waals surface area contributed by atoms with E-state index in [-0.39, 0.29) is 23.3 Å². The highest BCUT2D eigenvalue weighted by atomic mass is 35.5. The van der Waals surface area contributed by atoms with Crippen LogP contribution in [0.4, 0.5) is 4.39 Å². The third-order valence-electron chi connectivity index (χ3n) is 2.65. The van der Waals surface area contributed by atoms with Gasteiger partial charge < -0.3 is 4.74 Å². The fourth-order valence-electron chi connectivity index (χ4n) is 1.80. The number of halogens is 2. The Morgan fingerprint density at radius 2 is 2.38 bits per heavy atom. The van der Waals surface area contributed by atoms with Crippen LogP contribution >= 0.6 is 11.6 Å². The van der Waals surface area contributed by atoms with E-state index in [1.54, 1.807) is 6.07 Å². The zero-order valence-corrected chi connectivity index (χ0v) is 9.47. The Labute approximate surface area is 98.4 Å². The van der Waals surface area contributed by atoms with Gasteiger partial charge in [0.25, 0.3) is 0 Å². The van der Waals surface area contributed by atoms with Crippen molar-refractivity contribution in [1.29, 1.82) is 0 Å². The number of hydrogen-bond acceptors (Lipinski definition) is 2. The van der Waals surface area contributed by atoms with Crippen LogP contribution in [0, 0.1) is 5.82 Å².